The predicted octanol–water partition coefficient (Wildman–Crippen LogP) is 4.51. The van der Waals surface area contributed by atoms with Crippen molar-refractivity contribution in [2.45, 2.75) is 47.0 Å². The van der Waals surface area contributed by atoms with Gasteiger partial charge in [-0.25, -0.2) is 5.01 Å². The number of hydrogen-bond acceptors (Lipinski definition) is 3. The summed E-state index contributed by atoms with van der Waals surface area (Å²) in [4.78, 5) is 5.50. The van der Waals surface area contributed by atoms with Gasteiger partial charge in [0.05, 0.1) is 0 Å². The largest absolute Gasteiger partial charge is 0.295 e. The molecule has 0 saturated carbocycles. The zero-order chi connectivity index (χ0) is 15.7. The molecule has 0 bridgehead atoms. The van der Waals surface area contributed by atoms with E-state index in [4.69, 9.17) is 11.6 Å². The summed E-state index contributed by atoms with van der Waals surface area (Å²) < 4.78 is 3.29. The maximum absolute atomic E-state index is 6.13. The Balaban J connectivity index is 2.72. The first-order valence-electron chi connectivity index (χ1n) is 7.46. The summed E-state index contributed by atoms with van der Waals surface area (Å²) in [5, 5.41) is 7.30. The lowest BCUT2D eigenvalue weighted by Gasteiger charge is -2.17. The van der Waals surface area contributed by atoms with Crippen LogP contribution in [-0.2, 0) is 0 Å². The summed E-state index contributed by atoms with van der Waals surface area (Å²) in [5.74, 6) is 0.797. The summed E-state index contributed by atoms with van der Waals surface area (Å²) in [7, 11) is 0. The molecular weight excluding hydrogens is 304 g/mol. The van der Waals surface area contributed by atoms with Crippen molar-refractivity contribution in [1.82, 2.24) is 9.73 Å². The molecule has 1 heterocycles. The molecule has 21 heavy (non-hydrogen) atoms. The minimum Gasteiger partial charge on any atom is -0.295 e. The minimum atomic E-state index is 0.722. The first-order chi connectivity index (χ1) is 10.1. The predicted molar refractivity (Wildman–Crippen MR) is 95.7 cm³/mol. The second-order valence-corrected chi connectivity index (χ2v) is 6.02. The molecule has 0 aromatic carbocycles. The van der Waals surface area contributed by atoms with Gasteiger partial charge in [-0.3, -0.25) is 9.71 Å². The summed E-state index contributed by atoms with van der Waals surface area (Å²) in [6, 6.07) is 0. The van der Waals surface area contributed by atoms with Crippen LogP contribution < -0.4 is 4.72 Å². The zero-order valence-electron chi connectivity index (χ0n) is 13.3. The number of halogens is 1. The monoisotopic (exact) mass is 328 g/mol. The Kier molecular flexibility index (Phi) is 8.54. The van der Waals surface area contributed by atoms with Crippen molar-refractivity contribution in [2.24, 2.45) is 10.1 Å². The van der Waals surface area contributed by atoms with Gasteiger partial charge in [-0.2, -0.15) is 5.10 Å². The number of hydrogen-bond donors (Lipinski definition) is 1. The normalized spacial score (nSPS) is 17.3. The van der Waals surface area contributed by atoms with E-state index in [-0.39, 0.29) is 0 Å². The molecule has 1 N–H and O–H groups in total. The van der Waals surface area contributed by atoms with Crippen LogP contribution in [0.3, 0.4) is 0 Å². The molecule has 0 unspecified atom stereocenters. The van der Waals surface area contributed by atoms with E-state index < -0.39 is 0 Å². The summed E-state index contributed by atoms with van der Waals surface area (Å²) >= 11 is 7.61. The molecule has 0 radical (unpaired) electrons. The lowest BCUT2D eigenvalue weighted by Crippen LogP contribution is -2.33. The average Bonchev–Trinajstić information content (AvgIpc) is 2.94. The highest BCUT2D eigenvalue weighted by Crippen LogP contribution is 2.22. The Hall–Kier alpha value is -0.940. The third-order valence-corrected chi connectivity index (χ3v) is 4.19. The van der Waals surface area contributed by atoms with Crippen molar-refractivity contribution in [3.8, 4) is 0 Å². The molecule has 118 valence electrons. The molecule has 0 atom stereocenters. The Labute approximate surface area is 137 Å². The Morgan fingerprint density at radius 1 is 1.48 bits per heavy atom. The van der Waals surface area contributed by atoms with Gasteiger partial charge in [0, 0.05) is 35.2 Å². The highest BCUT2D eigenvalue weighted by atomic mass is 35.5. The van der Waals surface area contributed by atoms with Crippen LogP contribution in [0.5, 0.6) is 0 Å². The number of nitrogens with one attached hydrogen (secondary N) is 1. The van der Waals surface area contributed by atoms with Crippen LogP contribution >= 0.6 is 23.5 Å². The molecule has 1 aliphatic rings. The van der Waals surface area contributed by atoms with Crippen molar-refractivity contribution in [3.05, 3.63) is 22.1 Å². The van der Waals surface area contributed by atoms with Crippen LogP contribution in [0.4, 0.5) is 0 Å². The van der Waals surface area contributed by atoms with Gasteiger partial charge in [0.2, 0.25) is 5.96 Å². The van der Waals surface area contributed by atoms with Gasteiger partial charge in [0.1, 0.15) is 0 Å². The van der Waals surface area contributed by atoms with E-state index in [2.05, 4.69) is 34.7 Å². The molecule has 0 amide bonds. The van der Waals surface area contributed by atoms with Gasteiger partial charge >= 0.3 is 0 Å². The van der Waals surface area contributed by atoms with Crippen LogP contribution in [0.2, 0.25) is 0 Å². The molecule has 0 spiro atoms. The SMILES string of the molecule is CC/C=C\C(SNC(=NCC)N1CCC(CC)=N1)=C(/C)Cl. The fourth-order valence-electron chi connectivity index (χ4n) is 1.77. The summed E-state index contributed by atoms with van der Waals surface area (Å²) in [5.41, 5.74) is 1.22. The molecule has 0 aliphatic carbocycles. The molecule has 1 aliphatic heterocycles. The van der Waals surface area contributed by atoms with Crippen LogP contribution in [0, 0.1) is 0 Å². The minimum absolute atomic E-state index is 0.722. The third kappa shape index (κ3) is 6.14. The Morgan fingerprint density at radius 3 is 2.76 bits per heavy atom. The van der Waals surface area contributed by atoms with Gasteiger partial charge in [-0.05, 0) is 44.7 Å². The number of nitrogens with zero attached hydrogens (tertiary/aromatic N) is 3. The van der Waals surface area contributed by atoms with E-state index in [9.17, 15) is 0 Å². The van der Waals surface area contributed by atoms with Crippen molar-refractivity contribution >= 4 is 35.2 Å². The first kappa shape index (κ1) is 18.1. The van der Waals surface area contributed by atoms with E-state index in [1.807, 2.05) is 24.9 Å². The maximum atomic E-state index is 6.13. The molecule has 0 saturated heterocycles. The van der Waals surface area contributed by atoms with Crippen LogP contribution in [-0.4, -0.2) is 29.8 Å². The second-order valence-electron chi connectivity index (χ2n) is 4.60. The van der Waals surface area contributed by atoms with Crippen molar-refractivity contribution in [1.29, 1.82) is 0 Å². The number of aliphatic imine (C=N–C) groups is 1. The Morgan fingerprint density at radius 2 is 2.24 bits per heavy atom. The molecular formula is C15H25ClN4S. The molecule has 0 fully saturated rings. The van der Waals surface area contributed by atoms with Gasteiger partial charge in [-0.15, -0.1) is 0 Å². The smallest absolute Gasteiger partial charge is 0.225 e. The molecule has 0 aromatic rings. The Bertz CT molecular complexity index is 451. The average molecular weight is 329 g/mol. The highest BCUT2D eigenvalue weighted by Gasteiger charge is 2.18. The number of allylic oxidation sites excluding steroid dienone is 3. The standard InChI is InChI=1S/C15H25ClN4S/c1-5-8-9-14(12(4)16)21-19-15(17-7-3)20-11-10-13(6-2)18-20/h8-9H,5-7,10-11H2,1-4H3,(H,17,19)/b9-8-,14-12-. The number of rotatable bonds is 6. The van der Waals surface area contributed by atoms with Crippen LogP contribution in [0.25, 0.3) is 0 Å². The molecule has 6 heteroatoms. The van der Waals surface area contributed by atoms with E-state index in [1.54, 1.807) is 0 Å². The lowest BCUT2D eigenvalue weighted by molar-refractivity contribution is 0.479. The number of hydrazone groups is 1. The molecule has 1 rings (SSSR count). The first-order valence-corrected chi connectivity index (χ1v) is 8.65. The second kappa shape index (κ2) is 9.90. The maximum Gasteiger partial charge on any atom is 0.225 e. The van der Waals surface area contributed by atoms with E-state index in [0.717, 1.165) is 48.2 Å². The van der Waals surface area contributed by atoms with Crippen molar-refractivity contribution in [2.75, 3.05) is 13.1 Å². The molecule has 0 aromatic heterocycles. The van der Waals surface area contributed by atoms with Gasteiger partial charge < -0.3 is 0 Å². The summed E-state index contributed by atoms with van der Waals surface area (Å²) in [6.07, 6.45) is 7.12. The van der Waals surface area contributed by atoms with E-state index in [0.29, 0.717) is 0 Å². The topological polar surface area (TPSA) is 40.0 Å². The molecule has 4 nitrogen and oxygen atoms in total. The van der Waals surface area contributed by atoms with Crippen molar-refractivity contribution < 1.29 is 0 Å². The highest BCUT2D eigenvalue weighted by molar-refractivity contribution is 8.02. The van der Waals surface area contributed by atoms with Crippen LogP contribution in [0.15, 0.2) is 32.2 Å². The fourth-order valence-corrected chi connectivity index (χ4v) is 2.62. The van der Waals surface area contributed by atoms with Crippen molar-refractivity contribution in [3.63, 3.8) is 0 Å². The summed E-state index contributed by atoms with van der Waals surface area (Å²) in [6.45, 7) is 9.76. The lowest BCUT2D eigenvalue weighted by atomic mass is 10.2. The van der Waals surface area contributed by atoms with E-state index in [1.165, 1.54) is 17.7 Å². The van der Waals surface area contributed by atoms with E-state index >= 15 is 0 Å². The van der Waals surface area contributed by atoms with Gasteiger partial charge in [0.25, 0.3) is 0 Å². The quantitative estimate of drug-likeness (QED) is 0.337. The van der Waals surface area contributed by atoms with Crippen LogP contribution in [0.1, 0.15) is 47.0 Å². The number of guanidine groups is 1. The third-order valence-electron chi connectivity index (χ3n) is 2.93. The zero-order valence-corrected chi connectivity index (χ0v) is 14.9. The fraction of sp³-hybridized carbons (Fsp3) is 0.600. The van der Waals surface area contributed by atoms with Gasteiger partial charge in [0.15, 0.2) is 0 Å². The van der Waals surface area contributed by atoms with Gasteiger partial charge in [-0.1, -0.05) is 31.5 Å².